The van der Waals surface area contributed by atoms with Crippen molar-refractivity contribution in [2.75, 3.05) is 32.7 Å². The summed E-state index contributed by atoms with van der Waals surface area (Å²) in [7, 11) is 0. The third-order valence-corrected chi connectivity index (χ3v) is 5.62. The quantitative estimate of drug-likeness (QED) is 0.885. The number of likely N-dealkylation sites (tertiary alicyclic amines) is 2. The molecule has 1 N–H and O–H groups in total. The van der Waals surface area contributed by atoms with Crippen molar-refractivity contribution >= 4 is 6.03 Å². The van der Waals surface area contributed by atoms with Crippen LogP contribution in [0.5, 0.6) is 0 Å². The number of nitrogens with zero attached hydrogens (tertiary/aromatic N) is 4. The van der Waals surface area contributed by atoms with Crippen LogP contribution in [-0.4, -0.2) is 58.5 Å². The van der Waals surface area contributed by atoms with Gasteiger partial charge in [0.05, 0.1) is 6.04 Å². The van der Waals surface area contributed by atoms with E-state index in [0.717, 1.165) is 31.9 Å². The van der Waals surface area contributed by atoms with Gasteiger partial charge in [0.15, 0.2) is 0 Å². The molecule has 0 saturated carbocycles. The van der Waals surface area contributed by atoms with Gasteiger partial charge in [-0.1, -0.05) is 18.6 Å². The van der Waals surface area contributed by atoms with Crippen LogP contribution in [0, 0.1) is 0 Å². The first-order valence-corrected chi connectivity index (χ1v) is 9.89. The Morgan fingerprint density at radius 1 is 1.11 bits per heavy atom. The molecule has 2 fully saturated rings. The highest BCUT2D eigenvalue weighted by Crippen LogP contribution is 2.26. The van der Waals surface area contributed by atoms with E-state index < -0.39 is 0 Å². The van der Waals surface area contributed by atoms with Crippen LogP contribution in [0.3, 0.4) is 0 Å². The number of rotatable bonds is 5. The van der Waals surface area contributed by atoms with Crippen LogP contribution >= 0.6 is 0 Å². The van der Waals surface area contributed by atoms with Crippen molar-refractivity contribution in [3.63, 3.8) is 0 Å². The van der Waals surface area contributed by atoms with Crippen LogP contribution in [0.25, 0.3) is 0 Å². The van der Waals surface area contributed by atoms with Crippen molar-refractivity contribution in [1.29, 1.82) is 0 Å². The van der Waals surface area contributed by atoms with E-state index >= 15 is 0 Å². The second kappa shape index (κ2) is 8.48. The summed E-state index contributed by atoms with van der Waals surface area (Å²) in [5.41, 5.74) is 2.25. The molecule has 6 heteroatoms. The van der Waals surface area contributed by atoms with Gasteiger partial charge in [-0.2, -0.15) is 0 Å². The van der Waals surface area contributed by atoms with Crippen LogP contribution in [0.4, 0.5) is 4.79 Å². The number of carbonyl (C=O) groups excluding carboxylic acids is 1. The van der Waals surface area contributed by atoms with E-state index in [4.69, 9.17) is 0 Å². The van der Waals surface area contributed by atoms with E-state index in [2.05, 4.69) is 26.3 Å². The molecule has 2 aromatic rings. The van der Waals surface area contributed by atoms with E-state index in [-0.39, 0.29) is 12.1 Å². The van der Waals surface area contributed by atoms with E-state index in [9.17, 15) is 4.79 Å². The third kappa shape index (κ3) is 4.27. The Bertz CT molecular complexity index is 727. The fourth-order valence-corrected chi connectivity index (χ4v) is 4.01. The van der Waals surface area contributed by atoms with Crippen molar-refractivity contribution < 1.29 is 4.79 Å². The summed E-state index contributed by atoms with van der Waals surface area (Å²) in [6.45, 7) is 4.27. The first kappa shape index (κ1) is 17.9. The van der Waals surface area contributed by atoms with Crippen molar-refractivity contribution in [2.24, 2.45) is 0 Å². The molecule has 0 spiro atoms. The molecule has 2 aliphatic heterocycles. The minimum atomic E-state index is 0.0214. The van der Waals surface area contributed by atoms with E-state index in [1.807, 2.05) is 41.6 Å². The van der Waals surface area contributed by atoms with Gasteiger partial charge < -0.3 is 10.2 Å². The first-order chi connectivity index (χ1) is 13.3. The lowest BCUT2D eigenvalue weighted by Crippen LogP contribution is -2.54. The Hall–Kier alpha value is -2.47. The minimum Gasteiger partial charge on any atom is -0.336 e. The van der Waals surface area contributed by atoms with Crippen molar-refractivity contribution in [3.8, 4) is 0 Å². The van der Waals surface area contributed by atoms with E-state index in [1.165, 1.54) is 24.8 Å². The van der Waals surface area contributed by atoms with Gasteiger partial charge in [-0.15, -0.1) is 0 Å². The smallest absolute Gasteiger partial charge is 0.317 e. The number of carbonyl (C=O) groups is 1. The number of hydrogen-bond acceptors (Lipinski definition) is 4. The van der Waals surface area contributed by atoms with Crippen molar-refractivity contribution in [2.45, 2.75) is 31.2 Å². The lowest BCUT2D eigenvalue weighted by molar-refractivity contribution is 0.136. The predicted octanol–water partition coefficient (Wildman–Crippen LogP) is 2.81. The van der Waals surface area contributed by atoms with Gasteiger partial charge in [-0.3, -0.25) is 14.9 Å². The molecule has 4 heterocycles. The molecule has 0 unspecified atom stereocenters. The van der Waals surface area contributed by atoms with Gasteiger partial charge in [0.2, 0.25) is 0 Å². The molecule has 2 aromatic heterocycles. The standard InChI is InChI=1S/C21H27N5O/c27-21(26-15-18(16-26)19-8-2-3-10-23-19)24-14-20(17-7-6-9-22-13-17)25-11-4-1-5-12-25/h2-3,6-10,13,18,20H,1,4-5,11-12,14-16H2,(H,24,27)/t20-/m0/s1. The molecule has 1 atom stereocenters. The second-order valence-electron chi connectivity index (χ2n) is 7.44. The molecule has 2 saturated heterocycles. The largest absolute Gasteiger partial charge is 0.336 e. The maximum atomic E-state index is 12.6. The summed E-state index contributed by atoms with van der Waals surface area (Å²) in [6.07, 6.45) is 9.28. The first-order valence-electron chi connectivity index (χ1n) is 9.89. The van der Waals surface area contributed by atoms with Gasteiger partial charge >= 0.3 is 6.03 Å². The van der Waals surface area contributed by atoms with E-state index in [1.54, 1.807) is 6.20 Å². The average Bonchev–Trinajstić information content (AvgIpc) is 2.69. The van der Waals surface area contributed by atoms with Gasteiger partial charge in [-0.25, -0.2) is 4.79 Å². The number of hydrogen-bond donors (Lipinski definition) is 1. The Labute approximate surface area is 160 Å². The Kier molecular flexibility index (Phi) is 5.63. The third-order valence-electron chi connectivity index (χ3n) is 5.62. The summed E-state index contributed by atoms with van der Waals surface area (Å²) in [5.74, 6) is 0.355. The molecule has 2 amide bonds. The van der Waals surface area contributed by atoms with Crippen LogP contribution in [0.2, 0.25) is 0 Å². The molecule has 0 aliphatic carbocycles. The molecule has 0 bridgehead atoms. The number of piperidine rings is 1. The zero-order valence-corrected chi connectivity index (χ0v) is 15.6. The summed E-state index contributed by atoms with van der Waals surface area (Å²) in [4.78, 5) is 25.6. The normalized spacial score (nSPS) is 19.3. The highest BCUT2D eigenvalue weighted by atomic mass is 16.2. The molecule has 0 aromatic carbocycles. The number of nitrogens with one attached hydrogen (secondary N) is 1. The van der Waals surface area contributed by atoms with Gasteiger partial charge in [0.1, 0.15) is 0 Å². The fraction of sp³-hybridized carbons (Fsp3) is 0.476. The predicted molar refractivity (Wildman–Crippen MR) is 104 cm³/mol. The maximum absolute atomic E-state index is 12.6. The molecule has 0 radical (unpaired) electrons. The summed E-state index contributed by atoms with van der Waals surface area (Å²) >= 11 is 0. The van der Waals surface area contributed by atoms with Crippen LogP contribution in [-0.2, 0) is 0 Å². The molecule has 4 rings (SSSR count). The SMILES string of the molecule is O=C(NC[C@@H](c1cccnc1)N1CCCCC1)N1CC(c2ccccn2)C1. The van der Waals surface area contributed by atoms with Crippen LogP contribution in [0.15, 0.2) is 48.9 Å². The Morgan fingerprint density at radius 2 is 1.96 bits per heavy atom. The topological polar surface area (TPSA) is 61.4 Å². The highest BCUT2D eigenvalue weighted by molar-refractivity contribution is 5.75. The number of aromatic nitrogens is 2. The lowest BCUT2D eigenvalue weighted by atomic mass is 9.96. The summed E-state index contributed by atoms with van der Waals surface area (Å²) in [6, 6.07) is 10.3. The second-order valence-corrected chi connectivity index (χ2v) is 7.44. The zero-order valence-electron chi connectivity index (χ0n) is 15.6. The fourth-order valence-electron chi connectivity index (χ4n) is 4.01. The Balaban J connectivity index is 1.33. The highest BCUT2D eigenvalue weighted by Gasteiger charge is 2.33. The van der Waals surface area contributed by atoms with Crippen LogP contribution < -0.4 is 5.32 Å². The zero-order chi connectivity index (χ0) is 18.5. The molecular formula is C21H27N5O. The van der Waals surface area contributed by atoms with Gasteiger partial charge in [0, 0.05) is 49.8 Å². The maximum Gasteiger partial charge on any atom is 0.317 e. The lowest BCUT2D eigenvalue weighted by Gasteiger charge is -2.40. The van der Waals surface area contributed by atoms with E-state index in [0.29, 0.717) is 12.5 Å². The Morgan fingerprint density at radius 3 is 2.67 bits per heavy atom. The van der Waals surface area contributed by atoms with Crippen molar-refractivity contribution in [3.05, 3.63) is 60.2 Å². The van der Waals surface area contributed by atoms with Gasteiger partial charge in [-0.05, 0) is 49.7 Å². The number of amides is 2. The monoisotopic (exact) mass is 365 g/mol. The molecular weight excluding hydrogens is 338 g/mol. The molecule has 6 nitrogen and oxygen atoms in total. The summed E-state index contributed by atoms with van der Waals surface area (Å²) in [5, 5.41) is 3.15. The molecule has 27 heavy (non-hydrogen) atoms. The summed E-state index contributed by atoms with van der Waals surface area (Å²) < 4.78 is 0. The van der Waals surface area contributed by atoms with Crippen LogP contribution in [0.1, 0.15) is 42.5 Å². The number of pyridine rings is 2. The molecule has 142 valence electrons. The van der Waals surface area contributed by atoms with Crippen molar-refractivity contribution in [1.82, 2.24) is 25.1 Å². The molecule has 2 aliphatic rings. The minimum absolute atomic E-state index is 0.0214. The average molecular weight is 365 g/mol. The number of urea groups is 1. The van der Waals surface area contributed by atoms with Gasteiger partial charge in [0.25, 0.3) is 0 Å².